The van der Waals surface area contributed by atoms with Crippen molar-refractivity contribution in [1.29, 1.82) is 0 Å². The number of nitrogens with zero attached hydrogens (tertiary/aromatic N) is 1. The molecule has 0 amide bonds. The van der Waals surface area contributed by atoms with Crippen LogP contribution in [0.5, 0.6) is 0 Å². The van der Waals surface area contributed by atoms with Crippen LogP contribution in [0.1, 0.15) is 0 Å². The molecule has 3 heteroatoms. The largest absolute Gasteiger partial charge is 0.446 e. The van der Waals surface area contributed by atoms with Crippen LogP contribution < -0.4 is 0 Å². The molecule has 58 valence electrons. The third-order valence-corrected chi connectivity index (χ3v) is 2.02. The van der Waals surface area contributed by atoms with Crippen molar-refractivity contribution >= 4 is 22.0 Å². The monoisotopic (exact) mass is 158 g/mol. The van der Waals surface area contributed by atoms with Gasteiger partial charge in [0.1, 0.15) is 0 Å². The number of hydrogen-bond acceptors (Lipinski definition) is 2. The van der Waals surface area contributed by atoms with Gasteiger partial charge in [-0.2, -0.15) is 0 Å². The van der Waals surface area contributed by atoms with Gasteiger partial charge in [-0.25, -0.2) is 4.98 Å². The summed E-state index contributed by atoms with van der Waals surface area (Å²) in [5, 5.41) is 2.22. The molecular formula is C9H6N2O. The molecule has 0 radical (unpaired) electrons. The fraction of sp³-hybridized carbons (Fsp3) is 0. The summed E-state index contributed by atoms with van der Waals surface area (Å²) < 4.78 is 5.17. The predicted molar refractivity (Wildman–Crippen MR) is 45.9 cm³/mol. The van der Waals surface area contributed by atoms with Gasteiger partial charge in [-0.15, -0.1) is 0 Å². The van der Waals surface area contributed by atoms with E-state index < -0.39 is 0 Å². The molecule has 3 nitrogen and oxygen atoms in total. The van der Waals surface area contributed by atoms with Crippen LogP contribution in [-0.2, 0) is 0 Å². The van der Waals surface area contributed by atoms with E-state index in [1.807, 2.05) is 18.3 Å². The highest BCUT2D eigenvalue weighted by molar-refractivity contribution is 6.02. The Labute approximate surface area is 68.0 Å². The first kappa shape index (κ1) is 5.83. The lowest BCUT2D eigenvalue weighted by Gasteiger charge is -1.88. The van der Waals surface area contributed by atoms with Gasteiger partial charge in [0, 0.05) is 17.0 Å². The van der Waals surface area contributed by atoms with Gasteiger partial charge in [0.15, 0.2) is 0 Å². The highest BCUT2D eigenvalue weighted by Gasteiger charge is 2.03. The minimum Gasteiger partial charge on any atom is -0.446 e. The summed E-state index contributed by atoms with van der Waals surface area (Å²) in [6.07, 6.45) is 5.34. The zero-order chi connectivity index (χ0) is 7.97. The van der Waals surface area contributed by atoms with Crippen molar-refractivity contribution in [1.82, 2.24) is 9.97 Å². The fourth-order valence-corrected chi connectivity index (χ4v) is 1.45. The van der Waals surface area contributed by atoms with Crippen molar-refractivity contribution in [3.63, 3.8) is 0 Å². The standard InChI is InChI=1S/C9H6N2O/c1-3-10-8-5-11-9-7(6(1)8)2-4-12-9/h1-5,10H. The van der Waals surface area contributed by atoms with Gasteiger partial charge in [0.05, 0.1) is 18.0 Å². The number of rotatable bonds is 0. The molecule has 3 heterocycles. The van der Waals surface area contributed by atoms with Crippen LogP contribution in [0, 0.1) is 0 Å². The van der Waals surface area contributed by atoms with Crippen molar-refractivity contribution in [2.45, 2.75) is 0 Å². The van der Waals surface area contributed by atoms with Gasteiger partial charge in [-0.05, 0) is 12.1 Å². The van der Waals surface area contributed by atoms with E-state index in [9.17, 15) is 0 Å². The maximum absolute atomic E-state index is 5.17. The number of pyridine rings is 1. The molecule has 3 aromatic rings. The van der Waals surface area contributed by atoms with E-state index >= 15 is 0 Å². The topological polar surface area (TPSA) is 41.8 Å². The van der Waals surface area contributed by atoms with Crippen LogP contribution in [0.15, 0.2) is 35.2 Å². The SMILES string of the molecule is c1cc2c(cnc3occc32)[nH]1. The summed E-state index contributed by atoms with van der Waals surface area (Å²) in [5.41, 5.74) is 1.74. The molecule has 0 fully saturated rings. The lowest BCUT2D eigenvalue weighted by molar-refractivity contribution is 0.603. The van der Waals surface area contributed by atoms with Gasteiger partial charge >= 0.3 is 0 Å². The summed E-state index contributed by atoms with van der Waals surface area (Å²) in [7, 11) is 0. The molecule has 0 spiro atoms. The Morgan fingerprint density at radius 1 is 1.25 bits per heavy atom. The Balaban J connectivity index is 2.71. The first-order chi connectivity index (χ1) is 5.95. The second kappa shape index (κ2) is 1.88. The Morgan fingerprint density at radius 2 is 2.25 bits per heavy atom. The molecule has 3 rings (SSSR count). The minimum atomic E-state index is 0.696. The van der Waals surface area contributed by atoms with E-state index in [2.05, 4.69) is 9.97 Å². The third kappa shape index (κ3) is 0.580. The summed E-state index contributed by atoms with van der Waals surface area (Å²) in [6.45, 7) is 0. The van der Waals surface area contributed by atoms with Gasteiger partial charge in [0.2, 0.25) is 5.71 Å². The summed E-state index contributed by atoms with van der Waals surface area (Å²) in [5.74, 6) is 0. The molecule has 0 atom stereocenters. The number of aromatic amines is 1. The van der Waals surface area contributed by atoms with Crippen LogP contribution in [0.25, 0.3) is 22.0 Å². The van der Waals surface area contributed by atoms with Crippen LogP contribution in [-0.4, -0.2) is 9.97 Å². The molecule has 0 aliphatic rings. The average Bonchev–Trinajstić information content (AvgIpc) is 2.71. The lowest BCUT2D eigenvalue weighted by Crippen LogP contribution is -1.73. The number of fused-ring (bicyclic) bond motifs is 3. The molecule has 0 aliphatic heterocycles. The van der Waals surface area contributed by atoms with Crippen molar-refractivity contribution < 1.29 is 4.42 Å². The molecular weight excluding hydrogens is 152 g/mol. The molecule has 0 bridgehead atoms. The summed E-state index contributed by atoms with van der Waals surface area (Å²) >= 11 is 0. The van der Waals surface area contributed by atoms with Gasteiger partial charge in [0.25, 0.3) is 0 Å². The third-order valence-electron chi connectivity index (χ3n) is 2.02. The highest BCUT2D eigenvalue weighted by atomic mass is 16.3. The number of hydrogen-bond donors (Lipinski definition) is 1. The Morgan fingerprint density at radius 3 is 3.25 bits per heavy atom. The second-order valence-electron chi connectivity index (χ2n) is 2.70. The van der Waals surface area contributed by atoms with Crippen molar-refractivity contribution in [3.05, 3.63) is 30.8 Å². The summed E-state index contributed by atoms with van der Waals surface area (Å²) in [6, 6.07) is 3.95. The smallest absolute Gasteiger partial charge is 0.226 e. The number of nitrogens with one attached hydrogen (secondary N) is 1. The normalized spacial score (nSPS) is 11.3. The van der Waals surface area contributed by atoms with Crippen LogP contribution in [0.2, 0.25) is 0 Å². The Bertz CT molecular complexity index is 486. The van der Waals surface area contributed by atoms with Gasteiger partial charge < -0.3 is 9.40 Å². The molecule has 3 aromatic heterocycles. The maximum atomic E-state index is 5.17. The highest BCUT2D eigenvalue weighted by Crippen LogP contribution is 2.22. The van der Waals surface area contributed by atoms with E-state index in [1.54, 1.807) is 12.5 Å². The van der Waals surface area contributed by atoms with Crippen molar-refractivity contribution in [3.8, 4) is 0 Å². The van der Waals surface area contributed by atoms with Crippen LogP contribution in [0.3, 0.4) is 0 Å². The van der Waals surface area contributed by atoms with Crippen molar-refractivity contribution in [2.24, 2.45) is 0 Å². The molecule has 0 aliphatic carbocycles. The number of aromatic nitrogens is 2. The zero-order valence-electron chi connectivity index (χ0n) is 6.24. The van der Waals surface area contributed by atoms with Gasteiger partial charge in [-0.1, -0.05) is 0 Å². The maximum Gasteiger partial charge on any atom is 0.226 e. The van der Waals surface area contributed by atoms with E-state index in [-0.39, 0.29) is 0 Å². The quantitative estimate of drug-likeness (QED) is 0.545. The Kier molecular flexibility index (Phi) is 0.913. The van der Waals surface area contributed by atoms with E-state index in [0.29, 0.717) is 5.71 Å². The molecule has 0 unspecified atom stereocenters. The first-order valence-corrected chi connectivity index (χ1v) is 3.74. The van der Waals surface area contributed by atoms with E-state index in [4.69, 9.17) is 4.42 Å². The number of H-pyrrole nitrogens is 1. The predicted octanol–water partition coefficient (Wildman–Crippen LogP) is 2.31. The van der Waals surface area contributed by atoms with Crippen molar-refractivity contribution in [2.75, 3.05) is 0 Å². The molecule has 0 saturated carbocycles. The second-order valence-corrected chi connectivity index (χ2v) is 2.70. The zero-order valence-corrected chi connectivity index (χ0v) is 6.24. The van der Waals surface area contributed by atoms with E-state index in [0.717, 1.165) is 16.3 Å². The first-order valence-electron chi connectivity index (χ1n) is 3.74. The van der Waals surface area contributed by atoms with Crippen LogP contribution in [0.4, 0.5) is 0 Å². The van der Waals surface area contributed by atoms with Gasteiger partial charge in [-0.3, -0.25) is 0 Å². The molecule has 12 heavy (non-hydrogen) atoms. The van der Waals surface area contributed by atoms with Crippen LogP contribution >= 0.6 is 0 Å². The fourth-order valence-electron chi connectivity index (χ4n) is 1.45. The summed E-state index contributed by atoms with van der Waals surface area (Å²) in [4.78, 5) is 7.24. The number of furan rings is 1. The molecule has 0 aromatic carbocycles. The minimum absolute atomic E-state index is 0.696. The van der Waals surface area contributed by atoms with E-state index in [1.165, 1.54) is 0 Å². The Hall–Kier alpha value is -1.77. The molecule has 0 saturated heterocycles. The molecule has 1 N–H and O–H groups in total. The average molecular weight is 158 g/mol. The lowest BCUT2D eigenvalue weighted by atomic mass is 10.2.